The Morgan fingerprint density at radius 1 is 0.222 bits per heavy atom. The maximum absolute atomic E-state index is 15.3. The molecule has 5 rings (SSSR count). The molecular formula is C22ClF13. The van der Waals surface area contributed by atoms with Gasteiger partial charge in [0.05, 0.1) is 43.1 Å². The maximum atomic E-state index is 15.3. The van der Waals surface area contributed by atoms with Crippen LogP contribution in [0.3, 0.4) is 0 Å². The first-order chi connectivity index (χ1) is 16.7. The van der Waals surface area contributed by atoms with Gasteiger partial charge in [-0.1, -0.05) is 11.6 Å². The predicted octanol–water partition coefficient (Wildman–Crippen LogP) is 8.76. The van der Waals surface area contributed by atoms with Crippen LogP contribution in [-0.4, -0.2) is 0 Å². The molecule has 14 heteroatoms. The molecule has 0 fully saturated rings. The van der Waals surface area contributed by atoms with Crippen LogP contribution in [-0.2, 0) is 0 Å². The largest absolute Gasteiger partial charge is 0.205 e. The lowest BCUT2D eigenvalue weighted by Gasteiger charge is -2.16. The fraction of sp³-hybridized carbons (Fsp3) is 0. The molecule has 0 aliphatic rings. The first-order valence-corrected chi connectivity index (χ1v) is 9.52. The van der Waals surface area contributed by atoms with E-state index >= 15 is 26.3 Å². The molecular weight excluding hydrogens is 547 g/mol. The summed E-state index contributed by atoms with van der Waals surface area (Å²) in [5, 5.41) is -17.7. The predicted molar refractivity (Wildman–Crippen MR) is 101 cm³/mol. The average Bonchev–Trinajstić information content (AvgIpc) is 2.83. The molecule has 0 radical (unpaired) electrons. The molecule has 5 aromatic rings. The van der Waals surface area contributed by atoms with Crippen LogP contribution in [0, 0.1) is 75.6 Å². The fourth-order valence-corrected chi connectivity index (χ4v) is 4.28. The van der Waals surface area contributed by atoms with Crippen LogP contribution >= 0.6 is 11.6 Å². The molecule has 0 amide bonds. The minimum Gasteiger partial charge on any atom is -0.205 e. The molecule has 0 atom stereocenters. The van der Waals surface area contributed by atoms with Crippen molar-refractivity contribution in [2.45, 2.75) is 0 Å². The zero-order valence-electron chi connectivity index (χ0n) is 16.3. The third-order valence-corrected chi connectivity index (χ3v) is 6.00. The van der Waals surface area contributed by atoms with Crippen LogP contribution in [0.5, 0.6) is 0 Å². The summed E-state index contributed by atoms with van der Waals surface area (Å²) in [6, 6.07) is 0. The third-order valence-electron chi connectivity index (χ3n) is 5.67. The second-order valence-electron chi connectivity index (χ2n) is 7.40. The van der Waals surface area contributed by atoms with Gasteiger partial charge in [-0.05, 0) is 0 Å². The Kier molecular flexibility index (Phi) is 5.05. The summed E-state index contributed by atoms with van der Waals surface area (Å²) in [5.74, 6) is -32.0. The number of hydrogen-bond acceptors (Lipinski definition) is 0. The van der Waals surface area contributed by atoms with Crippen LogP contribution in [0.25, 0.3) is 43.1 Å². The summed E-state index contributed by atoms with van der Waals surface area (Å²) < 4.78 is 189. The van der Waals surface area contributed by atoms with Crippen LogP contribution in [0.2, 0.25) is 5.02 Å². The molecule has 0 bridgehead atoms. The highest BCUT2D eigenvalue weighted by atomic mass is 35.5. The third kappa shape index (κ3) is 2.63. The molecule has 186 valence electrons. The lowest BCUT2D eigenvalue weighted by Crippen LogP contribution is -2.07. The van der Waals surface area contributed by atoms with Gasteiger partial charge in [0.15, 0.2) is 40.7 Å². The highest BCUT2D eigenvalue weighted by Crippen LogP contribution is 2.45. The van der Waals surface area contributed by atoms with Gasteiger partial charge in [-0.25, -0.2) is 57.1 Å². The van der Waals surface area contributed by atoms with Gasteiger partial charge >= 0.3 is 0 Å². The highest BCUT2D eigenvalue weighted by molar-refractivity contribution is 6.32. The minimum atomic E-state index is -2.67. The van der Waals surface area contributed by atoms with Crippen LogP contribution < -0.4 is 0 Å². The van der Waals surface area contributed by atoms with Crippen molar-refractivity contribution in [1.29, 1.82) is 0 Å². The van der Waals surface area contributed by atoms with Crippen molar-refractivity contribution in [2.75, 3.05) is 0 Å². The lowest BCUT2D eigenvalue weighted by molar-refractivity contribution is 0.415. The van der Waals surface area contributed by atoms with Crippen LogP contribution in [0.1, 0.15) is 0 Å². The van der Waals surface area contributed by atoms with Gasteiger partial charge in [0.25, 0.3) is 0 Å². The summed E-state index contributed by atoms with van der Waals surface area (Å²) in [6.07, 6.45) is 0. The van der Waals surface area contributed by atoms with E-state index in [1.807, 2.05) is 0 Å². The number of benzene rings is 5. The fourth-order valence-electron chi connectivity index (χ4n) is 4.10. The smallest absolute Gasteiger partial charge is 0.198 e. The van der Waals surface area contributed by atoms with Crippen LogP contribution in [0.4, 0.5) is 57.1 Å². The lowest BCUT2D eigenvalue weighted by atomic mass is 9.93. The summed E-state index contributed by atoms with van der Waals surface area (Å²) in [5.41, 5.74) is 0. The van der Waals surface area contributed by atoms with Gasteiger partial charge in [-0.15, -0.1) is 0 Å². The number of fused-ring (bicyclic) bond motifs is 4. The van der Waals surface area contributed by atoms with Gasteiger partial charge in [-0.3, -0.25) is 0 Å². The Bertz CT molecular complexity index is 1610. The van der Waals surface area contributed by atoms with Crippen molar-refractivity contribution in [1.82, 2.24) is 0 Å². The van der Waals surface area contributed by atoms with Crippen molar-refractivity contribution in [3.8, 4) is 0 Å². The van der Waals surface area contributed by atoms with E-state index in [9.17, 15) is 30.7 Å². The molecule has 36 heavy (non-hydrogen) atoms. The molecule has 0 aliphatic heterocycles. The van der Waals surface area contributed by atoms with E-state index in [0.29, 0.717) is 0 Å². The molecule has 0 saturated heterocycles. The minimum absolute atomic E-state index is 1.72. The second kappa shape index (κ2) is 7.51. The van der Waals surface area contributed by atoms with Gasteiger partial charge in [-0.2, -0.15) is 0 Å². The Balaban J connectivity index is 2.22. The molecule has 0 aromatic heterocycles. The Labute approximate surface area is 193 Å². The Morgan fingerprint density at radius 3 is 0.694 bits per heavy atom. The van der Waals surface area contributed by atoms with Gasteiger partial charge < -0.3 is 0 Å². The normalized spacial score (nSPS) is 12.2. The van der Waals surface area contributed by atoms with Crippen LogP contribution in [0.15, 0.2) is 0 Å². The van der Waals surface area contributed by atoms with E-state index in [0.717, 1.165) is 0 Å². The van der Waals surface area contributed by atoms with E-state index in [1.165, 1.54) is 0 Å². The number of halogens is 14. The highest BCUT2D eigenvalue weighted by Gasteiger charge is 2.35. The van der Waals surface area contributed by atoms with Crippen molar-refractivity contribution < 1.29 is 57.1 Å². The van der Waals surface area contributed by atoms with Gasteiger partial charge in [0, 0.05) is 0 Å². The number of hydrogen-bond donors (Lipinski definition) is 0. The zero-order valence-corrected chi connectivity index (χ0v) is 17.0. The first kappa shape index (κ1) is 24.2. The Hall–Kier alpha value is -3.48. The van der Waals surface area contributed by atoms with Crippen molar-refractivity contribution in [2.24, 2.45) is 0 Å². The summed E-state index contributed by atoms with van der Waals surface area (Å²) >= 11 is 5.17. The van der Waals surface area contributed by atoms with Crippen molar-refractivity contribution in [3.05, 3.63) is 80.6 Å². The van der Waals surface area contributed by atoms with Crippen molar-refractivity contribution in [3.63, 3.8) is 0 Å². The molecule has 0 aliphatic carbocycles. The first-order valence-electron chi connectivity index (χ1n) is 9.15. The second-order valence-corrected chi connectivity index (χ2v) is 7.77. The van der Waals surface area contributed by atoms with E-state index in [-0.39, 0.29) is 0 Å². The topological polar surface area (TPSA) is 0 Å². The molecule has 0 unspecified atom stereocenters. The zero-order chi connectivity index (χ0) is 26.7. The summed E-state index contributed by atoms with van der Waals surface area (Å²) in [7, 11) is 0. The molecule has 0 spiro atoms. The average molecular weight is 547 g/mol. The molecule has 0 heterocycles. The molecule has 0 saturated carbocycles. The number of rotatable bonds is 0. The summed E-state index contributed by atoms with van der Waals surface area (Å²) in [6.45, 7) is 0. The molecule has 0 nitrogen and oxygen atoms in total. The SMILES string of the molecule is Fc1c(F)c(F)c2c(F)c3c(F)c4c(F)c5c(F)c(Cl)c(F)c(F)c5c(F)c4c(F)c3c(F)c2c1F. The Morgan fingerprint density at radius 2 is 0.417 bits per heavy atom. The van der Waals surface area contributed by atoms with E-state index in [1.54, 1.807) is 0 Å². The standard InChI is InChI=1S/C22ClF13/c23-9-16(30)5-6(17(31)20(9)34)13(27)2-1(12(5)26)10(24)3-4(11(2)25)15(29)8-7(14(3)28)18(32)21(35)22(36)19(8)33. The quantitative estimate of drug-likeness (QED) is 0.0788. The van der Waals surface area contributed by atoms with Crippen molar-refractivity contribution >= 4 is 54.7 Å². The molecule has 0 N–H and O–H groups in total. The van der Waals surface area contributed by atoms with E-state index in [4.69, 9.17) is 11.6 Å². The van der Waals surface area contributed by atoms with Gasteiger partial charge in [0.1, 0.15) is 39.9 Å². The van der Waals surface area contributed by atoms with E-state index in [2.05, 4.69) is 0 Å². The molecule has 5 aromatic carbocycles. The van der Waals surface area contributed by atoms with Gasteiger partial charge in [0.2, 0.25) is 0 Å². The van der Waals surface area contributed by atoms with E-state index < -0.39 is 124 Å². The summed E-state index contributed by atoms with van der Waals surface area (Å²) in [4.78, 5) is 0. The monoisotopic (exact) mass is 546 g/mol. The maximum Gasteiger partial charge on any atom is 0.198 e.